The van der Waals surface area contributed by atoms with E-state index in [1.165, 1.54) is 0 Å². The molecule has 4 nitrogen and oxygen atoms in total. The zero-order valence-electron chi connectivity index (χ0n) is 12.2. The van der Waals surface area contributed by atoms with E-state index in [9.17, 15) is 4.79 Å². The predicted molar refractivity (Wildman–Crippen MR) is 78.6 cm³/mol. The largest absolute Gasteiger partial charge is 0.492 e. The molecule has 0 aromatic heterocycles. The molecule has 0 saturated heterocycles. The van der Waals surface area contributed by atoms with E-state index in [2.05, 4.69) is 10.6 Å². The number of amides is 1. The van der Waals surface area contributed by atoms with Gasteiger partial charge in [0.1, 0.15) is 5.75 Å². The van der Waals surface area contributed by atoms with Crippen LogP contribution in [-0.4, -0.2) is 24.6 Å². The number of ether oxygens (including phenoxy) is 1. The molecule has 1 rings (SSSR count). The summed E-state index contributed by atoms with van der Waals surface area (Å²) in [6.45, 7) is 9.09. The van der Waals surface area contributed by atoms with Crippen molar-refractivity contribution in [3.8, 4) is 5.75 Å². The molecule has 0 saturated carbocycles. The Morgan fingerprint density at radius 2 is 1.95 bits per heavy atom. The zero-order chi connectivity index (χ0) is 14.3. The summed E-state index contributed by atoms with van der Waals surface area (Å²) in [5.41, 5.74) is 0.744. The monoisotopic (exact) mass is 264 g/mol. The van der Waals surface area contributed by atoms with Crippen LogP contribution < -0.4 is 15.4 Å². The van der Waals surface area contributed by atoms with E-state index in [4.69, 9.17) is 4.74 Å². The van der Waals surface area contributed by atoms with Crippen LogP contribution >= 0.6 is 0 Å². The Kier molecular flexibility index (Phi) is 5.67. The fraction of sp³-hybridized carbons (Fsp3) is 0.533. The number of rotatable bonds is 6. The SMILES string of the molecule is CCOc1ccccc1NCCC(=O)NC(C)(C)C. The minimum Gasteiger partial charge on any atom is -0.492 e. The lowest BCUT2D eigenvalue weighted by Gasteiger charge is -2.20. The van der Waals surface area contributed by atoms with Gasteiger partial charge < -0.3 is 15.4 Å². The van der Waals surface area contributed by atoms with Crippen molar-refractivity contribution in [3.63, 3.8) is 0 Å². The minimum absolute atomic E-state index is 0.0499. The molecule has 0 fully saturated rings. The van der Waals surface area contributed by atoms with Crippen LogP contribution in [0.1, 0.15) is 34.1 Å². The first-order valence-corrected chi connectivity index (χ1v) is 6.69. The summed E-state index contributed by atoms with van der Waals surface area (Å²) in [5, 5.41) is 6.16. The summed E-state index contributed by atoms with van der Waals surface area (Å²) < 4.78 is 5.51. The number of anilines is 1. The van der Waals surface area contributed by atoms with E-state index in [0.717, 1.165) is 11.4 Å². The normalized spacial score (nSPS) is 10.9. The summed E-state index contributed by atoms with van der Waals surface area (Å²) in [5.74, 6) is 0.870. The highest BCUT2D eigenvalue weighted by atomic mass is 16.5. The summed E-state index contributed by atoms with van der Waals surface area (Å²) in [4.78, 5) is 11.7. The minimum atomic E-state index is -0.180. The van der Waals surface area contributed by atoms with E-state index in [1.807, 2.05) is 52.0 Å². The Balaban J connectivity index is 2.43. The second-order valence-electron chi connectivity index (χ2n) is 5.40. The molecule has 2 N–H and O–H groups in total. The van der Waals surface area contributed by atoms with Gasteiger partial charge >= 0.3 is 0 Å². The van der Waals surface area contributed by atoms with Crippen molar-refractivity contribution in [1.29, 1.82) is 0 Å². The van der Waals surface area contributed by atoms with Gasteiger partial charge in [0.2, 0.25) is 5.91 Å². The number of carbonyl (C=O) groups excluding carboxylic acids is 1. The molecule has 106 valence electrons. The molecular formula is C15H24N2O2. The number of hydrogen-bond donors (Lipinski definition) is 2. The van der Waals surface area contributed by atoms with Crippen molar-refractivity contribution in [3.05, 3.63) is 24.3 Å². The Morgan fingerprint density at radius 3 is 2.58 bits per heavy atom. The van der Waals surface area contributed by atoms with Gasteiger partial charge in [-0.15, -0.1) is 0 Å². The van der Waals surface area contributed by atoms with Crippen LogP contribution in [0.3, 0.4) is 0 Å². The maximum Gasteiger partial charge on any atom is 0.222 e. The van der Waals surface area contributed by atoms with Crippen molar-refractivity contribution >= 4 is 11.6 Å². The molecule has 0 radical (unpaired) electrons. The number of hydrogen-bond acceptors (Lipinski definition) is 3. The van der Waals surface area contributed by atoms with E-state index in [1.54, 1.807) is 0 Å². The van der Waals surface area contributed by atoms with Gasteiger partial charge in [-0.25, -0.2) is 0 Å². The average molecular weight is 264 g/mol. The molecule has 0 unspecified atom stereocenters. The van der Waals surface area contributed by atoms with Gasteiger partial charge in [0.15, 0.2) is 0 Å². The summed E-state index contributed by atoms with van der Waals surface area (Å²) in [7, 11) is 0. The lowest BCUT2D eigenvalue weighted by Crippen LogP contribution is -2.41. The van der Waals surface area contributed by atoms with Gasteiger partial charge in [-0.1, -0.05) is 12.1 Å². The second-order valence-corrected chi connectivity index (χ2v) is 5.40. The summed E-state index contributed by atoms with van der Waals surface area (Å²) in [6.07, 6.45) is 0.442. The third-order valence-corrected chi connectivity index (χ3v) is 2.37. The lowest BCUT2D eigenvalue weighted by molar-refractivity contribution is -0.122. The lowest BCUT2D eigenvalue weighted by atomic mass is 10.1. The molecule has 0 aliphatic heterocycles. The van der Waals surface area contributed by atoms with Crippen LogP contribution in [0.25, 0.3) is 0 Å². The van der Waals surface area contributed by atoms with Crippen LogP contribution in [0.2, 0.25) is 0 Å². The van der Waals surface area contributed by atoms with E-state index in [0.29, 0.717) is 19.6 Å². The van der Waals surface area contributed by atoms with Gasteiger partial charge in [0.25, 0.3) is 0 Å². The maximum absolute atomic E-state index is 11.7. The van der Waals surface area contributed by atoms with Gasteiger partial charge in [0.05, 0.1) is 12.3 Å². The van der Waals surface area contributed by atoms with Gasteiger partial charge in [-0.3, -0.25) is 4.79 Å². The van der Waals surface area contributed by atoms with Gasteiger partial charge in [-0.2, -0.15) is 0 Å². The third-order valence-electron chi connectivity index (χ3n) is 2.37. The fourth-order valence-electron chi connectivity index (χ4n) is 1.69. The maximum atomic E-state index is 11.7. The standard InChI is InChI=1S/C15H24N2O2/c1-5-19-13-9-7-6-8-12(13)16-11-10-14(18)17-15(2,3)4/h6-9,16H,5,10-11H2,1-4H3,(H,17,18). The first-order valence-electron chi connectivity index (χ1n) is 6.69. The Morgan fingerprint density at radius 1 is 1.26 bits per heavy atom. The number of benzene rings is 1. The molecule has 4 heteroatoms. The smallest absolute Gasteiger partial charge is 0.222 e. The highest BCUT2D eigenvalue weighted by Gasteiger charge is 2.13. The first-order chi connectivity index (χ1) is 8.92. The van der Waals surface area contributed by atoms with Crippen LogP contribution in [-0.2, 0) is 4.79 Å². The average Bonchev–Trinajstić information content (AvgIpc) is 2.29. The van der Waals surface area contributed by atoms with Crippen molar-refractivity contribution in [1.82, 2.24) is 5.32 Å². The molecule has 0 heterocycles. The molecule has 1 amide bonds. The van der Waals surface area contributed by atoms with E-state index < -0.39 is 0 Å². The van der Waals surface area contributed by atoms with Crippen molar-refractivity contribution in [2.45, 2.75) is 39.7 Å². The molecule has 0 bridgehead atoms. The molecule has 1 aromatic carbocycles. The highest BCUT2D eigenvalue weighted by Crippen LogP contribution is 2.23. The van der Waals surface area contributed by atoms with Crippen molar-refractivity contribution < 1.29 is 9.53 Å². The molecule has 0 aliphatic carbocycles. The van der Waals surface area contributed by atoms with Crippen LogP contribution in [0, 0.1) is 0 Å². The number of carbonyl (C=O) groups is 1. The van der Waals surface area contributed by atoms with Crippen molar-refractivity contribution in [2.24, 2.45) is 0 Å². The predicted octanol–water partition coefficient (Wildman–Crippen LogP) is 2.80. The van der Waals surface area contributed by atoms with E-state index >= 15 is 0 Å². The summed E-state index contributed by atoms with van der Waals surface area (Å²) in [6, 6.07) is 7.75. The topological polar surface area (TPSA) is 50.4 Å². The van der Waals surface area contributed by atoms with Crippen LogP contribution in [0.15, 0.2) is 24.3 Å². The Bertz CT molecular complexity index is 411. The second kappa shape index (κ2) is 7.02. The molecule has 1 aromatic rings. The number of nitrogens with one attached hydrogen (secondary N) is 2. The Labute approximate surface area is 115 Å². The quantitative estimate of drug-likeness (QED) is 0.830. The zero-order valence-corrected chi connectivity index (χ0v) is 12.2. The molecule has 0 atom stereocenters. The van der Waals surface area contributed by atoms with Crippen LogP contribution in [0.5, 0.6) is 5.75 Å². The molecule has 0 aliphatic rings. The fourth-order valence-corrected chi connectivity index (χ4v) is 1.69. The van der Waals surface area contributed by atoms with E-state index in [-0.39, 0.29) is 11.4 Å². The molecular weight excluding hydrogens is 240 g/mol. The van der Waals surface area contributed by atoms with Crippen LogP contribution in [0.4, 0.5) is 5.69 Å². The van der Waals surface area contributed by atoms with Crippen molar-refractivity contribution in [2.75, 3.05) is 18.5 Å². The summed E-state index contributed by atoms with van der Waals surface area (Å²) >= 11 is 0. The van der Waals surface area contributed by atoms with Gasteiger partial charge in [-0.05, 0) is 39.8 Å². The Hall–Kier alpha value is -1.71. The molecule has 0 spiro atoms. The highest BCUT2D eigenvalue weighted by molar-refractivity contribution is 5.77. The first kappa shape index (κ1) is 15.3. The third kappa shape index (κ3) is 6.13. The number of para-hydroxylation sites is 2. The molecule has 19 heavy (non-hydrogen) atoms. The van der Waals surface area contributed by atoms with Gasteiger partial charge in [0, 0.05) is 18.5 Å².